The van der Waals surface area contributed by atoms with Gasteiger partial charge in [0.25, 0.3) is 0 Å². The molecule has 1 aromatic heterocycles. The topological polar surface area (TPSA) is 34.1 Å². The van der Waals surface area contributed by atoms with E-state index in [9.17, 15) is 4.39 Å². The zero-order valence-electron chi connectivity index (χ0n) is 11.2. The lowest BCUT2D eigenvalue weighted by molar-refractivity contribution is 0.264. The summed E-state index contributed by atoms with van der Waals surface area (Å²) >= 11 is 0. The number of alkyl halides is 1. The van der Waals surface area contributed by atoms with Crippen molar-refractivity contribution in [2.45, 2.75) is 0 Å². The number of halogens is 1. The summed E-state index contributed by atoms with van der Waals surface area (Å²) in [6.45, 7) is -0.498. The first kappa shape index (κ1) is 13.9. The van der Waals surface area contributed by atoms with E-state index in [4.69, 9.17) is 4.74 Å². The minimum Gasteiger partial charge on any atom is -0.475 e. The number of benzene rings is 1. The zero-order valence-corrected chi connectivity index (χ0v) is 11.2. The lowest BCUT2D eigenvalue weighted by Gasteiger charge is -2.01. The molecule has 2 aromatic rings. The molecule has 2 rings (SSSR count). The molecule has 0 bridgehead atoms. The van der Waals surface area contributed by atoms with E-state index < -0.39 is 6.67 Å². The zero-order chi connectivity index (χ0) is 14.2. The number of nitrogens with zero attached hydrogens (tertiary/aromatic N) is 1. The summed E-state index contributed by atoms with van der Waals surface area (Å²) in [6.07, 6.45) is 1.61. The first-order valence-electron chi connectivity index (χ1n) is 6.26. The van der Waals surface area contributed by atoms with Crippen LogP contribution in [0.2, 0.25) is 0 Å². The molecule has 0 aliphatic heterocycles. The van der Waals surface area contributed by atoms with Gasteiger partial charge in [-0.15, -0.1) is 0 Å². The third-order valence-corrected chi connectivity index (χ3v) is 2.59. The van der Waals surface area contributed by atoms with Crippen LogP contribution in [0.3, 0.4) is 0 Å². The molecule has 102 valence electrons. The van der Waals surface area contributed by atoms with Crippen LogP contribution < -0.4 is 10.1 Å². The van der Waals surface area contributed by atoms with Crippen LogP contribution in [0.25, 0.3) is 0 Å². The molecule has 0 saturated heterocycles. The number of rotatable bonds is 4. The Morgan fingerprint density at radius 2 is 1.80 bits per heavy atom. The molecule has 1 aromatic carbocycles. The number of pyridine rings is 1. The highest BCUT2D eigenvalue weighted by Crippen LogP contribution is 2.09. The van der Waals surface area contributed by atoms with Gasteiger partial charge < -0.3 is 10.1 Å². The second-order valence-electron chi connectivity index (χ2n) is 4.00. The van der Waals surface area contributed by atoms with Crippen molar-refractivity contribution >= 4 is 5.69 Å². The van der Waals surface area contributed by atoms with Gasteiger partial charge in [-0.1, -0.05) is 11.8 Å². The molecular weight excluding hydrogens is 254 g/mol. The van der Waals surface area contributed by atoms with Crippen LogP contribution in [0.1, 0.15) is 11.1 Å². The molecule has 0 unspecified atom stereocenters. The minimum absolute atomic E-state index is 0.0236. The highest BCUT2D eigenvalue weighted by molar-refractivity contribution is 5.49. The van der Waals surface area contributed by atoms with E-state index in [0.29, 0.717) is 5.88 Å². The summed E-state index contributed by atoms with van der Waals surface area (Å²) in [5, 5.41) is 3.05. The van der Waals surface area contributed by atoms with Crippen LogP contribution in [0.4, 0.5) is 10.1 Å². The van der Waals surface area contributed by atoms with Crippen LogP contribution >= 0.6 is 0 Å². The van der Waals surface area contributed by atoms with Crippen molar-refractivity contribution in [1.29, 1.82) is 0 Å². The lowest BCUT2D eigenvalue weighted by atomic mass is 10.2. The molecule has 0 radical (unpaired) electrons. The van der Waals surface area contributed by atoms with E-state index >= 15 is 0 Å². The standard InChI is InChI=1S/C16H15FN2O/c1-18-15-7-4-13(5-8-15)2-3-14-6-9-16(19-12-14)20-11-10-17/h4-9,12,18H,10-11H2,1H3/i17-1. The third-order valence-electron chi connectivity index (χ3n) is 2.59. The van der Waals surface area contributed by atoms with Crippen LogP contribution in [0.5, 0.6) is 5.88 Å². The second-order valence-corrected chi connectivity index (χ2v) is 4.00. The molecule has 1 N–H and O–H groups in total. The molecule has 0 amide bonds. The molecule has 4 heteroatoms. The van der Waals surface area contributed by atoms with Crippen LogP contribution in [0.15, 0.2) is 42.6 Å². The Kier molecular flexibility index (Phi) is 4.96. The number of hydrogen-bond acceptors (Lipinski definition) is 3. The van der Waals surface area contributed by atoms with Crippen molar-refractivity contribution in [3.05, 3.63) is 53.7 Å². The van der Waals surface area contributed by atoms with Gasteiger partial charge in [0.05, 0.1) is 0 Å². The Bertz CT molecular complexity index is 597. The van der Waals surface area contributed by atoms with Gasteiger partial charge in [-0.3, -0.25) is 0 Å². The van der Waals surface area contributed by atoms with Gasteiger partial charge in [-0.2, -0.15) is 0 Å². The Hall–Kier alpha value is -2.54. The van der Waals surface area contributed by atoms with Crippen molar-refractivity contribution in [2.24, 2.45) is 0 Å². The smallest absolute Gasteiger partial charge is 0.213 e. The summed E-state index contributed by atoms with van der Waals surface area (Å²) in [5.74, 6) is 6.48. The van der Waals surface area contributed by atoms with Crippen molar-refractivity contribution in [3.63, 3.8) is 0 Å². The molecular formula is C16H15FN2O. The molecule has 0 fully saturated rings. The summed E-state index contributed by atoms with van der Waals surface area (Å²) in [6, 6.07) is 11.3. The molecule has 3 nitrogen and oxygen atoms in total. The summed E-state index contributed by atoms with van der Waals surface area (Å²) in [4.78, 5) is 4.05. The molecule has 0 saturated carbocycles. The van der Waals surface area contributed by atoms with Crippen molar-refractivity contribution in [3.8, 4) is 17.7 Å². The summed E-state index contributed by atoms with van der Waals surface area (Å²) < 4.78 is 17.0. The van der Waals surface area contributed by atoms with Gasteiger partial charge in [-0.25, -0.2) is 9.37 Å². The van der Waals surface area contributed by atoms with Crippen molar-refractivity contribution in [1.82, 2.24) is 4.98 Å². The van der Waals surface area contributed by atoms with E-state index in [1.54, 1.807) is 18.3 Å². The van der Waals surface area contributed by atoms with Gasteiger partial charge in [0.1, 0.15) is 13.3 Å². The molecule has 20 heavy (non-hydrogen) atoms. The Balaban J connectivity index is 2.04. The highest BCUT2D eigenvalue weighted by atomic mass is 18.2. The Morgan fingerprint density at radius 3 is 2.40 bits per heavy atom. The van der Waals surface area contributed by atoms with Gasteiger partial charge in [0.15, 0.2) is 0 Å². The maximum atomic E-state index is 11.9. The third kappa shape index (κ3) is 3.99. The monoisotopic (exact) mass is 269 g/mol. The first-order valence-corrected chi connectivity index (χ1v) is 6.26. The van der Waals surface area contributed by atoms with Crippen LogP contribution in [0, 0.1) is 11.8 Å². The van der Waals surface area contributed by atoms with Crippen molar-refractivity contribution in [2.75, 3.05) is 25.6 Å². The quantitative estimate of drug-likeness (QED) is 0.867. The summed E-state index contributed by atoms with van der Waals surface area (Å²) in [7, 11) is 1.87. The van der Waals surface area contributed by atoms with E-state index in [0.717, 1.165) is 16.8 Å². The molecule has 0 aliphatic carbocycles. The van der Waals surface area contributed by atoms with Gasteiger partial charge >= 0.3 is 0 Å². The normalized spacial score (nSPS) is 9.50. The molecule has 0 atom stereocenters. The maximum absolute atomic E-state index is 11.9. The predicted molar refractivity (Wildman–Crippen MR) is 77.7 cm³/mol. The Morgan fingerprint density at radius 1 is 1.10 bits per heavy atom. The lowest BCUT2D eigenvalue weighted by Crippen LogP contribution is -2.00. The average molecular weight is 269 g/mol. The average Bonchev–Trinajstić information content (AvgIpc) is 2.52. The Labute approximate surface area is 117 Å². The number of aromatic nitrogens is 1. The van der Waals surface area contributed by atoms with Gasteiger partial charge in [0, 0.05) is 36.1 Å². The van der Waals surface area contributed by atoms with E-state index in [1.165, 1.54) is 0 Å². The first-order chi connectivity index (χ1) is 9.81. The van der Waals surface area contributed by atoms with Gasteiger partial charge in [0.2, 0.25) is 5.88 Å². The van der Waals surface area contributed by atoms with Crippen molar-refractivity contribution < 1.29 is 9.13 Å². The fourth-order valence-corrected chi connectivity index (χ4v) is 1.55. The maximum Gasteiger partial charge on any atom is 0.213 e. The fraction of sp³-hybridized carbons (Fsp3) is 0.188. The number of ether oxygens (including phenoxy) is 1. The van der Waals surface area contributed by atoms with E-state index in [-0.39, 0.29) is 6.61 Å². The fourth-order valence-electron chi connectivity index (χ4n) is 1.55. The largest absolute Gasteiger partial charge is 0.475 e. The van der Waals surface area contributed by atoms with E-state index in [2.05, 4.69) is 22.1 Å². The number of hydrogen-bond donors (Lipinski definition) is 1. The number of anilines is 1. The second kappa shape index (κ2) is 7.15. The highest BCUT2D eigenvalue weighted by Gasteiger charge is 1.95. The molecule has 1 heterocycles. The SMILES string of the molecule is CNc1ccc(C#Cc2ccc(OCC[18F])nc2)cc1. The number of nitrogens with one attached hydrogen (secondary N) is 1. The molecule has 0 spiro atoms. The predicted octanol–water partition coefficient (Wildman–Crippen LogP) is 2.87. The summed E-state index contributed by atoms with van der Waals surface area (Å²) in [5.41, 5.74) is 2.77. The van der Waals surface area contributed by atoms with Gasteiger partial charge in [-0.05, 0) is 30.3 Å². The van der Waals surface area contributed by atoms with Crippen LogP contribution in [-0.4, -0.2) is 25.3 Å². The molecule has 0 aliphatic rings. The van der Waals surface area contributed by atoms with Crippen LogP contribution in [-0.2, 0) is 0 Å². The van der Waals surface area contributed by atoms with E-state index in [1.807, 2.05) is 31.3 Å². The minimum atomic E-state index is -0.522.